The second-order valence-electron chi connectivity index (χ2n) is 11.5. The number of alkyl halides is 3. The zero-order valence-corrected chi connectivity index (χ0v) is 24.6. The molecule has 3 aromatic rings. The molecule has 0 aromatic heterocycles. The first-order chi connectivity index (χ1) is 20.4. The van der Waals surface area contributed by atoms with Crippen molar-refractivity contribution in [3.05, 3.63) is 100 Å². The minimum atomic E-state index is -4.73. The molecule has 3 aromatic carbocycles. The number of hydrogen-bond acceptors (Lipinski definition) is 4. The Labute approximate surface area is 249 Å². The molecule has 2 aliphatic rings. The van der Waals surface area contributed by atoms with Crippen molar-refractivity contribution in [2.45, 2.75) is 74.6 Å². The van der Waals surface area contributed by atoms with Crippen LogP contribution < -0.4 is 15.4 Å². The zero-order chi connectivity index (χ0) is 30.8. The van der Waals surface area contributed by atoms with Gasteiger partial charge >= 0.3 is 6.18 Å². The average Bonchev–Trinajstić information content (AvgIpc) is 3.80. The summed E-state index contributed by atoms with van der Waals surface area (Å²) in [6.45, 7) is 3.14. The van der Waals surface area contributed by atoms with Crippen molar-refractivity contribution in [1.82, 2.24) is 15.4 Å². The van der Waals surface area contributed by atoms with Crippen LogP contribution in [0.3, 0.4) is 0 Å². The third-order valence-corrected chi connectivity index (χ3v) is 9.63. The van der Waals surface area contributed by atoms with Crippen LogP contribution in [-0.4, -0.2) is 20.9 Å². The highest BCUT2D eigenvalue weighted by Crippen LogP contribution is 2.34. The van der Waals surface area contributed by atoms with Gasteiger partial charge in [-0.2, -0.15) is 13.2 Å². The van der Waals surface area contributed by atoms with E-state index in [0.29, 0.717) is 18.1 Å². The lowest BCUT2D eigenvalue weighted by atomic mass is 9.85. The van der Waals surface area contributed by atoms with E-state index in [1.807, 2.05) is 6.07 Å². The molecule has 0 spiro atoms. The van der Waals surface area contributed by atoms with Crippen molar-refractivity contribution in [2.24, 2.45) is 5.92 Å². The van der Waals surface area contributed by atoms with E-state index in [4.69, 9.17) is 0 Å². The van der Waals surface area contributed by atoms with Crippen LogP contribution in [0, 0.1) is 11.7 Å². The number of sulfonamides is 1. The van der Waals surface area contributed by atoms with E-state index in [2.05, 4.69) is 34.4 Å². The Morgan fingerprint density at radius 1 is 0.977 bits per heavy atom. The smallest absolute Gasteiger partial charge is 0.349 e. The van der Waals surface area contributed by atoms with E-state index in [1.165, 1.54) is 30.5 Å². The Morgan fingerprint density at radius 3 is 2.40 bits per heavy atom. The molecule has 1 saturated carbocycles. The molecule has 0 saturated heterocycles. The summed E-state index contributed by atoms with van der Waals surface area (Å²) in [5.41, 5.74) is 2.55. The van der Waals surface area contributed by atoms with E-state index in [0.717, 1.165) is 66.8 Å². The van der Waals surface area contributed by atoms with Crippen LogP contribution in [0.1, 0.15) is 85.0 Å². The molecule has 0 radical (unpaired) electrons. The number of amides is 1. The van der Waals surface area contributed by atoms with Crippen LogP contribution in [0.2, 0.25) is 0 Å². The lowest BCUT2D eigenvalue weighted by Gasteiger charge is -2.28. The Balaban J connectivity index is 1.32. The Bertz CT molecular complexity index is 1560. The minimum absolute atomic E-state index is 0.210. The fourth-order valence-corrected chi connectivity index (χ4v) is 6.76. The first kappa shape index (κ1) is 31.2. The fraction of sp³-hybridized carbons (Fsp3) is 0.406. The summed E-state index contributed by atoms with van der Waals surface area (Å²) in [5.74, 6) is -0.224. The molecule has 5 rings (SSSR count). The summed E-state index contributed by atoms with van der Waals surface area (Å²) in [4.78, 5) is 12.7. The first-order valence-corrected chi connectivity index (χ1v) is 16.0. The molecule has 1 unspecified atom stereocenters. The van der Waals surface area contributed by atoms with Crippen LogP contribution >= 0.6 is 0 Å². The molecule has 43 heavy (non-hydrogen) atoms. The lowest BCUT2D eigenvalue weighted by Crippen LogP contribution is -2.36. The highest BCUT2D eigenvalue weighted by Gasteiger charge is 2.33. The third-order valence-electron chi connectivity index (χ3n) is 8.16. The summed E-state index contributed by atoms with van der Waals surface area (Å²) >= 11 is 0. The Morgan fingerprint density at radius 2 is 1.70 bits per heavy atom. The van der Waals surface area contributed by atoms with Gasteiger partial charge in [0.25, 0.3) is 0 Å². The molecule has 1 amide bonds. The molecule has 11 heteroatoms. The minimum Gasteiger partial charge on any atom is -0.349 e. The Kier molecular flexibility index (Phi) is 9.24. The van der Waals surface area contributed by atoms with E-state index in [1.54, 1.807) is 0 Å². The van der Waals surface area contributed by atoms with Gasteiger partial charge in [0.05, 0.1) is 22.5 Å². The second-order valence-corrected chi connectivity index (χ2v) is 13.2. The quantitative estimate of drug-likeness (QED) is 0.214. The first-order valence-electron chi connectivity index (χ1n) is 14.5. The Hall–Kier alpha value is -3.28. The van der Waals surface area contributed by atoms with E-state index in [9.17, 15) is 30.8 Å². The predicted molar refractivity (Wildman–Crippen MR) is 155 cm³/mol. The van der Waals surface area contributed by atoms with E-state index < -0.39 is 44.4 Å². The maximum absolute atomic E-state index is 13.7. The molecule has 0 aliphatic heterocycles. The number of halogens is 4. The molecule has 6 nitrogen and oxygen atoms in total. The van der Waals surface area contributed by atoms with Crippen LogP contribution in [0.5, 0.6) is 0 Å². The number of aryl methyl sites for hydroxylation is 1. The molecule has 3 atom stereocenters. The molecule has 3 N–H and O–H groups in total. The lowest BCUT2D eigenvalue weighted by molar-refractivity contribution is -0.137. The van der Waals surface area contributed by atoms with Crippen LogP contribution in [0.4, 0.5) is 17.6 Å². The summed E-state index contributed by atoms with van der Waals surface area (Å²) < 4.78 is 82.1. The molecule has 0 heterocycles. The SMILES string of the molecule is CC(NCC1CC1)c1ccc2c(c1)CCC[C@H]2NC(=O)C[C@@H](NS(=O)(=O)c1cccc(C(F)(F)F)c1)c1ccc(F)cc1. The number of carbonyl (C=O) groups excluding carboxylic acids is 1. The highest BCUT2D eigenvalue weighted by molar-refractivity contribution is 7.89. The maximum Gasteiger partial charge on any atom is 0.416 e. The molecule has 1 fully saturated rings. The number of rotatable bonds is 11. The molecule has 230 valence electrons. The number of hydrogen-bond donors (Lipinski definition) is 3. The van der Waals surface area contributed by atoms with Crippen molar-refractivity contribution in [3.8, 4) is 0 Å². The molecule has 0 bridgehead atoms. The van der Waals surface area contributed by atoms with Gasteiger partial charge in [-0.3, -0.25) is 4.79 Å². The second kappa shape index (κ2) is 12.8. The zero-order valence-electron chi connectivity index (χ0n) is 23.8. The van der Waals surface area contributed by atoms with Crippen LogP contribution in [-0.2, 0) is 27.4 Å². The maximum atomic E-state index is 13.7. The number of nitrogens with one attached hydrogen (secondary N) is 3. The number of carbonyl (C=O) groups is 1. The predicted octanol–water partition coefficient (Wildman–Crippen LogP) is 6.51. The number of benzene rings is 3. The third kappa shape index (κ3) is 8.01. The van der Waals surface area contributed by atoms with Gasteiger partial charge in [0.2, 0.25) is 15.9 Å². The van der Waals surface area contributed by atoms with E-state index in [-0.39, 0.29) is 18.5 Å². The van der Waals surface area contributed by atoms with Crippen molar-refractivity contribution >= 4 is 15.9 Å². The average molecular weight is 618 g/mol. The van der Waals surface area contributed by atoms with Gasteiger partial charge in [-0.05, 0) is 104 Å². The van der Waals surface area contributed by atoms with Gasteiger partial charge in [0.15, 0.2) is 0 Å². The highest BCUT2D eigenvalue weighted by atomic mass is 32.2. The van der Waals surface area contributed by atoms with Crippen molar-refractivity contribution in [1.29, 1.82) is 0 Å². The number of fused-ring (bicyclic) bond motifs is 1. The van der Waals surface area contributed by atoms with Crippen molar-refractivity contribution in [3.63, 3.8) is 0 Å². The van der Waals surface area contributed by atoms with Crippen molar-refractivity contribution in [2.75, 3.05) is 6.54 Å². The fourth-order valence-electron chi connectivity index (χ4n) is 5.49. The topological polar surface area (TPSA) is 87.3 Å². The van der Waals surface area contributed by atoms with Gasteiger partial charge in [0.1, 0.15) is 5.82 Å². The summed E-state index contributed by atoms with van der Waals surface area (Å²) in [7, 11) is -4.48. The monoisotopic (exact) mass is 617 g/mol. The van der Waals surface area contributed by atoms with Gasteiger partial charge < -0.3 is 10.6 Å². The summed E-state index contributed by atoms with van der Waals surface area (Å²) in [6, 6.07) is 13.4. The van der Waals surface area contributed by atoms with Gasteiger partial charge in [0, 0.05) is 12.5 Å². The largest absolute Gasteiger partial charge is 0.416 e. The van der Waals surface area contributed by atoms with Gasteiger partial charge in [-0.15, -0.1) is 0 Å². The molecular weight excluding hydrogens is 582 g/mol. The standard InChI is InChI=1S/C32H35F4N3O3S/c1-20(37-19-21-8-9-21)23-12-15-28-24(16-23)4-2-7-29(28)38-31(40)18-30(22-10-13-26(33)14-11-22)39-43(41,42)27-6-3-5-25(17-27)32(34,35)36/h3,5-6,10-17,20-21,29-30,37,39H,2,4,7-9,18-19H2,1H3,(H,38,40)/t20?,29-,30-/m1/s1. The van der Waals surface area contributed by atoms with Gasteiger partial charge in [-0.25, -0.2) is 17.5 Å². The van der Waals surface area contributed by atoms with Crippen LogP contribution in [0.25, 0.3) is 0 Å². The summed E-state index contributed by atoms with van der Waals surface area (Å²) in [6.07, 6.45) is -0.0423. The van der Waals surface area contributed by atoms with Crippen molar-refractivity contribution < 1.29 is 30.8 Å². The molecule has 2 aliphatic carbocycles. The molecular formula is C32H35F4N3O3S. The normalized spacial score (nSPS) is 18.5. The van der Waals surface area contributed by atoms with Crippen LogP contribution in [0.15, 0.2) is 71.6 Å². The van der Waals surface area contributed by atoms with E-state index >= 15 is 0 Å². The van der Waals surface area contributed by atoms with Gasteiger partial charge in [-0.1, -0.05) is 36.4 Å². The summed E-state index contributed by atoms with van der Waals surface area (Å²) in [5, 5.41) is 6.61.